The molecule has 1 heterocycles. The number of thioether (sulfide) groups is 1. The van der Waals surface area contributed by atoms with Crippen molar-refractivity contribution in [1.82, 2.24) is 10.2 Å². The number of carbonyl (C=O) groups excluding carboxylic acids is 1. The largest absolute Gasteiger partial charge is 0.407 e. The van der Waals surface area contributed by atoms with Gasteiger partial charge in [-0.05, 0) is 42.2 Å². The maximum atomic E-state index is 13.1. The van der Waals surface area contributed by atoms with Crippen LogP contribution in [0.25, 0.3) is 0 Å². The normalized spacial score (nSPS) is 10.6. The van der Waals surface area contributed by atoms with Crippen molar-refractivity contribution in [3.05, 3.63) is 71.4 Å². The highest BCUT2D eigenvalue weighted by molar-refractivity contribution is 7.98. The molecule has 0 aliphatic carbocycles. The van der Waals surface area contributed by atoms with Crippen LogP contribution in [0.1, 0.15) is 21.8 Å². The highest BCUT2D eigenvalue weighted by Gasteiger charge is 2.12. The van der Waals surface area contributed by atoms with E-state index in [1.54, 1.807) is 11.8 Å². The monoisotopic (exact) mass is 343 g/mol. The van der Waals surface area contributed by atoms with Crippen LogP contribution in [-0.2, 0) is 6.42 Å². The van der Waals surface area contributed by atoms with Gasteiger partial charge >= 0.3 is 6.01 Å². The molecule has 0 saturated heterocycles. The lowest BCUT2D eigenvalue weighted by atomic mass is 10.1. The van der Waals surface area contributed by atoms with Crippen LogP contribution in [0.4, 0.5) is 10.4 Å². The summed E-state index contributed by atoms with van der Waals surface area (Å²) in [6.45, 7) is 0. The lowest BCUT2D eigenvalue weighted by Gasteiger charge is -2.01. The highest BCUT2D eigenvalue weighted by atomic mass is 32.2. The molecule has 24 heavy (non-hydrogen) atoms. The molecule has 5 nitrogen and oxygen atoms in total. The Bertz CT molecular complexity index is 849. The number of nitrogens with one attached hydrogen (secondary N) is 1. The van der Waals surface area contributed by atoms with Gasteiger partial charge in [0.1, 0.15) is 5.82 Å². The summed E-state index contributed by atoms with van der Waals surface area (Å²) in [7, 11) is 0. The number of carbonyl (C=O) groups is 1. The van der Waals surface area contributed by atoms with E-state index < -0.39 is 11.7 Å². The Kier molecular flexibility index (Phi) is 4.90. The maximum Gasteiger partial charge on any atom is 0.322 e. The minimum absolute atomic E-state index is 0.0139. The molecule has 1 aromatic heterocycles. The SMILES string of the molecule is CSc1ccc(Cc2nnc(NC(=O)c3cccc(F)c3)o2)cc1. The third-order valence-corrected chi connectivity index (χ3v) is 4.03. The molecule has 2 aromatic carbocycles. The Balaban J connectivity index is 1.65. The first-order chi connectivity index (χ1) is 11.6. The first-order valence-electron chi connectivity index (χ1n) is 7.16. The Labute approximate surface area is 142 Å². The summed E-state index contributed by atoms with van der Waals surface area (Å²) in [6.07, 6.45) is 2.48. The number of rotatable bonds is 5. The quantitative estimate of drug-likeness (QED) is 0.714. The second kappa shape index (κ2) is 7.27. The zero-order valence-electron chi connectivity index (χ0n) is 12.8. The average Bonchev–Trinajstić information content (AvgIpc) is 3.02. The number of anilines is 1. The fourth-order valence-corrected chi connectivity index (χ4v) is 2.50. The molecule has 0 aliphatic heterocycles. The van der Waals surface area contributed by atoms with Crippen molar-refractivity contribution >= 4 is 23.7 Å². The minimum atomic E-state index is -0.506. The van der Waals surface area contributed by atoms with Gasteiger partial charge in [-0.15, -0.1) is 16.9 Å². The molecule has 1 N–H and O–H groups in total. The van der Waals surface area contributed by atoms with Gasteiger partial charge in [-0.25, -0.2) is 4.39 Å². The summed E-state index contributed by atoms with van der Waals surface area (Å²) < 4.78 is 18.5. The van der Waals surface area contributed by atoms with Crippen LogP contribution in [-0.4, -0.2) is 22.4 Å². The van der Waals surface area contributed by atoms with Crippen molar-refractivity contribution in [3.8, 4) is 0 Å². The third kappa shape index (κ3) is 3.99. The first-order valence-corrected chi connectivity index (χ1v) is 8.39. The zero-order chi connectivity index (χ0) is 16.9. The van der Waals surface area contributed by atoms with Crippen LogP contribution in [0.5, 0.6) is 0 Å². The van der Waals surface area contributed by atoms with Gasteiger partial charge in [0.2, 0.25) is 5.89 Å². The molecule has 0 atom stereocenters. The lowest BCUT2D eigenvalue weighted by molar-refractivity contribution is 0.102. The molecule has 0 unspecified atom stereocenters. The average molecular weight is 343 g/mol. The van der Waals surface area contributed by atoms with Crippen LogP contribution in [0.2, 0.25) is 0 Å². The van der Waals surface area contributed by atoms with Gasteiger partial charge in [0.05, 0.1) is 6.42 Å². The van der Waals surface area contributed by atoms with Crippen LogP contribution in [0.3, 0.4) is 0 Å². The van der Waals surface area contributed by atoms with Gasteiger partial charge in [0.15, 0.2) is 0 Å². The summed E-state index contributed by atoms with van der Waals surface area (Å²) in [6, 6.07) is 13.4. The number of amides is 1. The van der Waals surface area contributed by atoms with Gasteiger partial charge in [0.25, 0.3) is 5.91 Å². The van der Waals surface area contributed by atoms with E-state index in [0.717, 1.165) is 11.6 Å². The van der Waals surface area contributed by atoms with Crippen molar-refractivity contribution in [2.45, 2.75) is 11.3 Å². The van der Waals surface area contributed by atoms with Crippen LogP contribution in [0.15, 0.2) is 57.8 Å². The fourth-order valence-electron chi connectivity index (χ4n) is 2.09. The van der Waals surface area contributed by atoms with E-state index in [0.29, 0.717) is 12.3 Å². The summed E-state index contributed by atoms with van der Waals surface area (Å²) >= 11 is 1.67. The van der Waals surface area contributed by atoms with Gasteiger partial charge < -0.3 is 4.42 Å². The van der Waals surface area contributed by atoms with Gasteiger partial charge in [-0.2, -0.15) is 0 Å². The van der Waals surface area contributed by atoms with E-state index in [-0.39, 0.29) is 11.6 Å². The lowest BCUT2D eigenvalue weighted by Crippen LogP contribution is -2.12. The van der Waals surface area contributed by atoms with Crippen molar-refractivity contribution in [3.63, 3.8) is 0 Å². The molecule has 122 valence electrons. The summed E-state index contributed by atoms with van der Waals surface area (Å²) in [4.78, 5) is 13.2. The van der Waals surface area contributed by atoms with Crippen LogP contribution >= 0.6 is 11.8 Å². The number of halogens is 1. The predicted octanol–water partition coefficient (Wildman–Crippen LogP) is 3.77. The standard InChI is InChI=1S/C17H14FN3O2S/c1-24-14-7-5-11(6-8-14)9-15-20-21-17(23-15)19-16(22)12-3-2-4-13(18)10-12/h2-8,10H,9H2,1H3,(H,19,21,22). The topological polar surface area (TPSA) is 68.0 Å². The number of hydrogen-bond donors (Lipinski definition) is 1. The minimum Gasteiger partial charge on any atom is -0.407 e. The summed E-state index contributed by atoms with van der Waals surface area (Å²) in [5.74, 6) is -0.599. The Morgan fingerprint density at radius 3 is 2.71 bits per heavy atom. The molecule has 0 aliphatic rings. The highest BCUT2D eigenvalue weighted by Crippen LogP contribution is 2.17. The van der Waals surface area contributed by atoms with Crippen molar-refractivity contribution in [2.75, 3.05) is 11.6 Å². The molecular formula is C17H14FN3O2S. The van der Waals surface area contributed by atoms with Crippen molar-refractivity contribution in [1.29, 1.82) is 0 Å². The number of benzene rings is 2. The number of hydrogen-bond acceptors (Lipinski definition) is 5. The molecule has 1 amide bonds. The fraction of sp³-hybridized carbons (Fsp3) is 0.118. The smallest absolute Gasteiger partial charge is 0.322 e. The molecule has 3 aromatic rings. The van der Waals surface area contributed by atoms with E-state index in [1.165, 1.54) is 23.1 Å². The van der Waals surface area contributed by atoms with Crippen LogP contribution < -0.4 is 5.32 Å². The summed E-state index contributed by atoms with van der Waals surface area (Å²) in [5.41, 5.74) is 1.21. The molecule has 0 saturated carbocycles. The van der Waals surface area contributed by atoms with E-state index in [9.17, 15) is 9.18 Å². The van der Waals surface area contributed by atoms with Gasteiger partial charge in [-0.1, -0.05) is 23.3 Å². The van der Waals surface area contributed by atoms with Crippen molar-refractivity contribution in [2.24, 2.45) is 0 Å². The molecule has 0 radical (unpaired) electrons. The molecule has 0 bridgehead atoms. The molecule has 0 fully saturated rings. The second-order valence-electron chi connectivity index (χ2n) is 4.99. The van der Waals surface area contributed by atoms with E-state index in [4.69, 9.17) is 4.42 Å². The maximum absolute atomic E-state index is 13.1. The van der Waals surface area contributed by atoms with Crippen molar-refractivity contribution < 1.29 is 13.6 Å². The number of aromatic nitrogens is 2. The van der Waals surface area contributed by atoms with Crippen LogP contribution in [0, 0.1) is 5.82 Å². The van der Waals surface area contributed by atoms with E-state index in [2.05, 4.69) is 15.5 Å². The first kappa shape index (κ1) is 16.2. The second-order valence-corrected chi connectivity index (χ2v) is 5.87. The predicted molar refractivity (Wildman–Crippen MR) is 89.7 cm³/mol. The Morgan fingerprint density at radius 1 is 1.21 bits per heavy atom. The van der Waals surface area contributed by atoms with E-state index >= 15 is 0 Å². The van der Waals surface area contributed by atoms with E-state index in [1.807, 2.05) is 30.5 Å². The molecule has 0 spiro atoms. The molecular weight excluding hydrogens is 329 g/mol. The van der Waals surface area contributed by atoms with Gasteiger partial charge in [-0.3, -0.25) is 10.1 Å². The molecule has 7 heteroatoms. The Morgan fingerprint density at radius 2 is 2.00 bits per heavy atom. The van der Waals surface area contributed by atoms with Gasteiger partial charge in [0, 0.05) is 10.5 Å². The number of nitrogens with zero attached hydrogens (tertiary/aromatic N) is 2. The molecule has 3 rings (SSSR count). The Hall–Kier alpha value is -2.67. The third-order valence-electron chi connectivity index (χ3n) is 3.29. The summed E-state index contributed by atoms with van der Waals surface area (Å²) in [5, 5.41) is 10.2. The zero-order valence-corrected chi connectivity index (χ0v) is 13.6.